The summed E-state index contributed by atoms with van der Waals surface area (Å²) in [6.07, 6.45) is -1.37. The van der Waals surface area contributed by atoms with Gasteiger partial charge in [0.2, 0.25) is 11.7 Å². The molecule has 0 aliphatic carbocycles. The quantitative estimate of drug-likeness (QED) is 0.198. The molecule has 0 aliphatic heterocycles. The molecule has 0 radical (unpaired) electrons. The molecule has 1 atom stereocenters. The van der Waals surface area contributed by atoms with E-state index < -0.39 is 41.1 Å². The second-order valence-corrected chi connectivity index (χ2v) is 7.27. The van der Waals surface area contributed by atoms with Gasteiger partial charge in [0.05, 0.1) is 11.5 Å². The Hall–Kier alpha value is -4.86. The molecule has 0 fully saturated rings. The van der Waals surface area contributed by atoms with Gasteiger partial charge in [-0.1, -0.05) is 48.5 Å². The maximum Gasteiger partial charge on any atom is 0.326 e. The van der Waals surface area contributed by atoms with Crippen LogP contribution in [-0.2, 0) is 14.3 Å². The van der Waals surface area contributed by atoms with E-state index in [4.69, 9.17) is 4.74 Å². The molecular weight excluding hydrogens is 454 g/mol. The van der Waals surface area contributed by atoms with Crippen LogP contribution in [0.15, 0.2) is 84.9 Å². The van der Waals surface area contributed by atoms with Gasteiger partial charge in [0.15, 0.2) is 6.10 Å². The first-order valence-corrected chi connectivity index (χ1v) is 10.5. The summed E-state index contributed by atoms with van der Waals surface area (Å²) in [5, 5.41) is 15.7. The number of nitro groups is 1. The van der Waals surface area contributed by atoms with Crippen molar-refractivity contribution in [3.05, 3.63) is 112 Å². The van der Waals surface area contributed by atoms with E-state index in [-0.39, 0.29) is 23.4 Å². The second kappa shape index (κ2) is 11.8. The van der Waals surface area contributed by atoms with E-state index in [2.05, 4.69) is 10.6 Å². The molecule has 0 unspecified atom stereocenters. The number of carbonyl (C=O) groups excluding carboxylic acids is 4. The Morgan fingerprint density at radius 3 is 1.91 bits per heavy atom. The summed E-state index contributed by atoms with van der Waals surface area (Å²) in [7, 11) is 0. The Labute approximate surface area is 200 Å². The van der Waals surface area contributed by atoms with E-state index in [0.29, 0.717) is 5.56 Å². The topological polar surface area (TPSA) is 145 Å². The van der Waals surface area contributed by atoms with Crippen molar-refractivity contribution >= 4 is 29.3 Å². The highest BCUT2D eigenvalue weighted by Crippen LogP contribution is 2.25. The number of nitrogens with one attached hydrogen (secondary N) is 2. The number of carbonyl (C=O) groups is 4. The largest absolute Gasteiger partial charge is 0.448 e. The number of benzene rings is 3. The second-order valence-electron chi connectivity index (χ2n) is 7.27. The van der Waals surface area contributed by atoms with Crippen LogP contribution in [0.25, 0.3) is 0 Å². The lowest BCUT2D eigenvalue weighted by Gasteiger charge is -2.18. The monoisotopic (exact) mass is 475 g/mol. The molecule has 3 rings (SSSR count). The lowest BCUT2D eigenvalue weighted by molar-refractivity contribution is -0.384. The maximum atomic E-state index is 13.0. The highest BCUT2D eigenvalue weighted by atomic mass is 16.6. The van der Waals surface area contributed by atoms with Crippen LogP contribution in [0.2, 0.25) is 0 Å². The Balaban J connectivity index is 1.61. The number of nitro benzene ring substituents is 1. The van der Waals surface area contributed by atoms with Gasteiger partial charge in [-0.05, 0) is 24.3 Å². The standard InChI is InChI=1S/C25H21N3O7/c29-21(15-27-25(32)19-9-5-2-6-10-19)26-16-22(30)35-24(23(31)17-7-3-1-4-8-17)18-11-13-20(14-12-18)28(33)34/h1-14,24H,15-16H2,(H,26,29)(H,27,32)/t24-/m1/s1. The lowest BCUT2D eigenvalue weighted by atomic mass is 9.99. The fourth-order valence-electron chi connectivity index (χ4n) is 3.06. The minimum absolute atomic E-state index is 0.184. The molecule has 0 saturated heterocycles. The number of ether oxygens (including phenoxy) is 1. The van der Waals surface area contributed by atoms with Crippen LogP contribution >= 0.6 is 0 Å². The predicted molar refractivity (Wildman–Crippen MR) is 124 cm³/mol. The number of esters is 1. The average molecular weight is 475 g/mol. The maximum absolute atomic E-state index is 13.0. The third-order valence-electron chi connectivity index (χ3n) is 4.83. The van der Waals surface area contributed by atoms with Crippen molar-refractivity contribution in [2.45, 2.75) is 6.10 Å². The van der Waals surface area contributed by atoms with Crippen LogP contribution in [-0.4, -0.2) is 41.6 Å². The molecule has 2 amide bonds. The van der Waals surface area contributed by atoms with Crippen molar-refractivity contribution in [2.75, 3.05) is 13.1 Å². The predicted octanol–water partition coefficient (Wildman–Crippen LogP) is 2.61. The zero-order valence-corrected chi connectivity index (χ0v) is 18.4. The highest BCUT2D eigenvalue weighted by Gasteiger charge is 2.27. The summed E-state index contributed by atoms with van der Waals surface area (Å²) in [6.45, 7) is -0.915. The fraction of sp³-hybridized carbons (Fsp3) is 0.120. The third-order valence-corrected chi connectivity index (χ3v) is 4.83. The molecule has 178 valence electrons. The summed E-state index contributed by atoms with van der Waals surface area (Å²) in [4.78, 5) is 59.8. The Morgan fingerprint density at radius 1 is 0.771 bits per heavy atom. The minimum atomic E-state index is -1.37. The van der Waals surface area contributed by atoms with Crippen molar-refractivity contribution in [3.8, 4) is 0 Å². The van der Waals surface area contributed by atoms with Gasteiger partial charge < -0.3 is 15.4 Å². The average Bonchev–Trinajstić information content (AvgIpc) is 2.89. The first-order chi connectivity index (χ1) is 16.8. The Bertz CT molecular complexity index is 1210. The molecule has 0 saturated carbocycles. The van der Waals surface area contributed by atoms with Crippen molar-refractivity contribution in [1.29, 1.82) is 0 Å². The summed E-state index contributed by atoms with van der Waals surface area (Å²) in [5.41, 5.74) is 0.705. The van der Waals surface area contributed by atoms with E-state index in [1.54, 1.807) is 60.7 Å². The van der Waals surface area contributed by atoms with Crippen molar-refractivity contribution < 1.29 is 28.8 Å². The zero-order chi connectivity index (χ0) is 25.2. The van der Waals surface area contributed by atoms with E-state index in [9.17, 15) is 29.3 Å². The molecule has 0 heterocycles. The Morgan fingerprint density at radius 2 is 1.34 bits per heavy atom. The van der Waals surface area contributed by atoms with E-state index >= 15 is 0 Å². The van der Waals surface area contributed by atoms with Gasteiger partial charge in [-0.3, -0.25) is 29.3 Å². The number of amides is 2. The van der Waals surface area contributed by atoms with Crippen molar-refractivity contribution in [1.82, 2.24) is 10.6 Å². The van der Waals surface area contributed by atoms with Gasteiger partial charge in [-0.15, -0.1) is 0 Å². The van der Waals surface area contributed by atoms with Gasteiger partial charge in [-0.2, -0.15) is 0 Å². The van der Waals surface area contributed by atoms with Crippen LogP contribution in [0, 0.1) is 10.1 Å². The number of rotatable bonds is 10. The fourth-order valence-corrected chi connectivity index (χ4v) is 3.06. The molecule has 0 aromatic heterocycles. The lowest BCUT2D eigenvalue weighted by Crippen LogP contribution is -2.39. The SMILES string of the molecule is O=C(CNC(=O)c1ccccc1)NCC(=O)O[C@@H](C(=O)c1ccccc1)c1ccc([N+](=O)[O-])cc1. The molecule has 10 heteroatoms. The van der Waals surface area contributed by atoms with Crippen LogP contribution in [0.5, 0.6) is 0 Å². The summed E-state index contributed by atoms with van der Waals surface area (Å²) < 4.78 is 5.34. The number of nitrogens with zero attached hydrogens (tertiary/aromatic N) is 1. The van der Waals surface area contributed by atoms with Crippen LogP contribution in [0.1, 0.15) is 32.4 Å². The van der Waals surface area contributed by atoms with Gasteiger partial charge in [0.25, 0.3) is 11.6 Å². The van der Waals surface area contributed by atoms with Gasteiger partial charge in [0, 0.05) is 28.8 Å². The molecule has 0 spiro atoms. The molecule has 0 aliphatic rings. The van der Waals surface area contributed by atoms with Crippen LogP contribution in [0.4, 0.5) is 5.69 Å². The summed E-state index contributed by atoms with van der Waals surface area (Å²) in [5.74, 6) is -2.52. The van der Waals surface area contributed by atoms with Crippen LogP contribution in [0.3, 0.4) is 0 Å². The zero-order valence-electron chi connectivity index (χ0n) is 18.4. The van der Waals surface area contributed by atoms with Crippen molar-refractivity contribution in [2.24, 2.45) is 0 Å². The first-order valence-electron chi connectivity index (χ1n) is 10.5. The van der Waals surface area contributed by atoms with Gasteiger partial charge in [-0.25, -0.2) is 0 Å². The third kappa shape index (κ3) is 7.06. The van der Waals surface area contributed by atoms with Gasteiger partial charge in [0.1, 0.15) is 6.54 Å². The number of ketones is 1. The van der Waals surface area contributed by atoms with Gasteiger partial charge >= 0.3 is 5.97 Å². The van der Waals surface area contributed by atoms with Crippen molar-refractivity contribution in [3.63, 3.8) is 0 Å². The molecule has 3 aromatic rings. The number of hydrogen-bond donors (Lipinski definition) is 2. The Kier molecular flexibility index (Phi) is 8.38. The number of hydrogen-bond acceptors (Lipinski definition) is 7. The molecule has 2 N–H and O–H groups in total. The normalized spacial score (nSPS) is 11.1. The molecule has 3 aromatic carbocycles. The van der Waals surface area contributed by atoms with Crippen LogP contribution < -0.4 is 10.6 Å². The molecule has 35 heavy (non-hydrogen) atoms. The smallest absolute Gasteiger partial charge is 0.326 e. The summed E-state index contributed by atoms with van der Waals surface area (Å²) >= 11 is 0. The highest BCUT2D eigenvalue weighted by molar-refractivity contribution is 6.01. The number of non-ortho nitro benzene ring substituents is 1. The molecule has 0 bridgehead atoms. The molecular formula is C25H21N3O7. The first kappa shape index (κ1) is 24.8. The number of Topliss-reactive ketones (excluding diaryl/α,β-unsaturated/α-hetero) is 1. The molecule has 10 nitrogen and oxygen atoms in total. The summed E-state index contributed by atoms with van der Waals surface area (Å²) in [6, 6.07) is 21.5. The minimum Gasteiger partial charge on any atom is -0.448 e. The van der Waals surface area contributed by atoms with E-state index in [1.165, 1.54) is 24.3 Å². The van der Waals surface area contributed by atoms with E-state index in [1.807, 2.05) is 0 Å². The van der Waals surface area contributed by atoms with E-state index in [0.717, 1.165) is 0 Å².